The predicted molar refractivity (Wildman–Crippen MR) is 74.4 cm³/mol. The number of likely N-dealkylation sites (tertiary alicyclic amines) is 1. The number of aryl methyl sites for hydroxylation is 1. The summed E-state index contributed by atoms with van der Waals surface area (Å²) in [5.74, 6) is 0.132. The Kier molecular flexibility index (Phi) is 4.76. The van der Waals surface area contributed by atoms with Crippen LogP contribution < -0.4 is 4.87 Å². The summed E-state index contributed by atoms with van der Waals surface area (Å²) in [4.78, 5) is 25.3. The lowest BCUT2D eigenvalue weighted by molar-refractivity contribution is -0.133. The average Bonchev–Trinajstić information content (AvgIpc) is 2.71. The molecule has 1 saturated heterocycles. The Balaban J connectivity index is 1.77. The minimum absolute atomic E-state index is 0.0473. The van der Waals surface area contributed by atoms with Gasteiger partial charge in [0.15, 0.2) is 0 Å². The maximum Gasteiger partial charge on any atom is 0.307 e. The highest BCUT2D eigenvalue weighted by Crippen LogP contribution is 2.12. The Morgan fingerprint density at radius 1 is 1.47 bits per heavy atom. The number of thiazole rings is 1. The zero-order valence-electron chi connectivity index (χ0n) is 11.2. The average molecular weight is 284 g/mol. The number of aliphatic hydroxyl groups is 1. The maximum absolute atomic E-state index is 12.0. The third kappa shape index (κ3) is 3.67. The van der Waals surface area contributed by atoms with Crippen LogP contribution in [0.15, 0.2) is 10.2 Å². The molecule has 1 N–H and O–H groups in total. The molecule has 1 aliphatic heterocycles. The van der Waals surface area contributed by atoms with Crippen LogP contribution in [-0.2, 0) is 11.3 Å². The van der Waals surface area contributed by atoms with Crippen molar-refractivity contribution in [3.05, 3.63) is 20.7 Å². The lowest BCUT2D eigenvalue weighted by atomic mass is 10.1. The second-order valence-electron chi connectivity index (χ2n) is 5.01. The van der Waals surface area contributed by atoms with Crippen molar-refractivity contribution < 1.29 is 9.90 Å². The van der Waals surface area contributed by atoms with E-state index in [9.17, 15) is 14.7 Å². The summed E-state index contributed by atoms with van der Waals surface area (Å²) in [6, 6.07) is 0. The molecule has 1 fully saturated rings. The number of piperidine rings is 1. The Hall–Kier alpha value is -1.14. The molecule has 0 radical (unpaired) electrons. The molecule has 6 heteroatoms. The molecule has 0 saturated carbocycles. The van der Waals surface area contributed by atoms with Gasteiger partial charge in [-0.15, -0.1) is 0 Å². The van der Waals surface area contributed by atoms with Gasteiger partial charge in [0.2, 0.25) is 5.91 Å². The zero-order valence-corrected chi connectivity index (χ0v) is 12.0. The molecule has 0 atom stereocenters. The molecule has 0 bridgehead atoms. The summed E-state index contributed by atoms with van der Waals surface area (Å²) in [7, 11) is 0. The normalized spacial score (nSPS) is 16.8. The van der Waals surface area contributed by atoms with E-state index in [-0.39, 0.29) is 16.9 Å². The number of aliphatic hydroxyl groups excluding tert-OH is 1. The van der Waals surface area contributed by atoms with Crippen LogP contribution in [0.4, 0.5) is 0 Å². The van der Waals surface area contributed by atoms with Crippen LogP contribution >= 0.6 is 11.3 Å². The predicted octanol–water partition coefficient (Wildman–Crippen LogP) is 0.982. The van der Waals surface area contributed by atoms with E-state index < -0.39 is 0 Å². The summed E-state index contributed by atoms with van der Waals surface area (Å²) in [5.41, 5.74) is 0.962. The molecule has 0 unspecified atom stereocenters. The molecule has 0 aliphatic carbocycles. The van der Waals surface area contributed by atoms with E-state index in [1.165, 1.54) is 11.3 Å². The molecule has 1 amide bonds. The first kappa shape index (κ1) is 14.3. The smallest absolute Gasteiger partial charge is 0.307 e. The third-order valence-electron chi connectivity index (χ3n) is 3.57. The quantitative estimate of drug-likeness (QED) is 0.896. The summed E-state index contributed by atoms with van der Waals surface area (Å²) in [6.45, 7) is 3.82. The highest BCUT2D eigenvalue weighted by molar-refractivity contribution is 7.07. The van der Waals surface area contributed by atoms with Crippen molar-refractivity contribution in [2.75, 3.05) is 13.1 Å². The van der Waals surface area contributed by atoms with E-state index in [0.29, 0.717) is 45.3 Å². The number of carbonyl (C=O) groups excluding carboxylic acids is 1. The van der Waals surface area contributed by atoms with Gasteiger partial charge in [0.05, 0.1) is 6.10 Å². The number of carbonyl (C=O) groups is 1. The van der Waals surface area contributed by atoms with Gasteiger partial charge >= 0.3 is 4.87 Å². The van der Waals surface area contributed by atoms with Gasteiger partial charge in [0.1, 0.15) is 0 Å². The molecule has 0 spiro atoms. The number of hydrogen-bond donors (Lipinski definition) is 1. The molecule has 19 heavy (non-hydrogen) atoms. The summed E-state index contributed by atoms with van der Waals surface area (Å²) < 4.78 is 1.72. The summed E-state index contributed by atoms with van der Waals surface area (Å²) in [6.07, 6.45) is 2.26. The van der Waals surface area contributed by atoms with Crippen LogP contribution in [-0.4, -0.2) is 39.7 Å². The molecule has 106 valence electrons. The molecule has 1 aromatic rings. The van der Waals surface area contributed by atoms with Gasteiger partial charge in [-0.2, -0.15) is 0 Å². The van der Waals surface area contributed by atoms with E-state index in [2.05, 4.69) is 0 Å². The standard InChI is InChI=1S/C13H20N2O3S/c1-10-9-19-13(18)15(10)6-2-3-12(17)14-7-4-11(16)5-8-14/h9,11,16H,2-8H2,1H3. The molecule has 1 aromatic heterocycles. The van der Waals surface area contributed by atoms with Crippen LogP contribution in [0.25, 0.3) is 0 Å². The Morgan fingerprint density at radius 2 is 2.16 bits per heavy atom. The van der Waals surface area contributed by atoms with E-state index >= 15 is 0 Å². The van der Waals surface area contributed by atoms with Crippen molar-refractivity contribution in [1.82, 2.24) is 9.47 Å². The van der Waals surface area contributed by atoms with Crippen molar-refractivity contribution in [1.29, 1.82) is 0 Å². The third-order valence-corrected chi connectivity index (χ3v) is 4.45. The monoisotopic (exact) mass is 284 g/mol. The van der Waals surface area contributed by atoms with Crippen molar-refractivity contribution >= 4 is 17.2 Å². The lowest BCUT2D eigenvalue weighted by Gasteiger charge is -2.29. The van der Waals surface area contributed by atoms with Gasteiger partial charge in [-0.1, -0.05) is 11.3 Å². The van der Waals surface area contributed by atoms with Gasteiger partial charge < -0.3 is 14.6 Å². The lowest BCUT2D eigenvalue weighted by Crippen LogP contribution is -2.40. The van der Waals surface area contributed by atoms with Crippen LogP contribution in [0.1, 0.15) is 31.4 Å². The topological polar surface area (TPSA) is 62.5 Å². The molecule has 0 aromatic carbocycles. The minimum Gasteiger partial charge on any atom is -0.393 e. The second-order valence-corrected chi connectivity index (χ2v) is 5.83. The highest BCUT2D eigenvalue weighted by atomic mass is 32.1. The molecule has 1 aliphatic rings. The first-order valence-electron chi connectivity index (χ1n) is 6.68. The molecular weight excluding hydrogens is 264 g/mol. The van der Waals surface area contributed by atoms with Crippen LogP contribution in [0.2, 0.25) is 0 Å². The Bertz CT molecular complexity index is 486. The number of amides is 1. The Morgan fingerprint density at radius 3 is 2.74 bits per heavy atom. The fourth-order valence-electron chi connectivity index (χ4n) is 2.34. The molecular formula is C13H20N2O3S. The molecule has 2 heterocycles. The maximum atomic E-state index is 12.0. The fourth-order valence-corrected chi connectivity index (χ4v) is 3.10. The van der Waals surface area contributed by atoms with Crippen molar-refractivity contribution in [3.63, 3.8) is 0 Å². The van der Waals surface area contributed by atoms with Crippen LogP contribution in [0.3, 0.4) is 0 Å². The van der Waals surface area contributed by atoms with Gasteiger partial charge in [-0.05, 0) is 26.2 Å². The van der Waals surface area contributed by atoms with Gasteiger partial charge in [0.25, 0.3) is 0 Å². The first-order chi connectivity index (χ1) is 9.08. The van der Waals surface area contributed by atoms with Crippen LogP contribution in [0.5, 0.6) is 0 Å². The van der Waals surface area contributed by atoms with Gasteiger partial charge in [0, 0.05) is 37.1 Å². The van der Waals surface area contributed by atoms with E-state index in [0.717, 1.165) is 5.69 Å². The summed E-state index contributed by atoms with van der Waals surface area (Å²) >= 11 is 1.20. The minimum atomic E-state index is -0.254. The zero-order chi connectivity index (χ0) is 13.8. The number of aromatic nitrogens is 1. The van der Waals surface area contributed by atoms with Gasteiger partial charge in [-0.25, -0.2) is 0 Å². The molecule has 2 rings (SSSR count). The second kappa shape index (κ2) is 6.34. The number of nitrogens with zero attached hydrogens (tertiary/aromatic N) is 2. The number of rotatable bonds is 4. The van der Waals surface area contributed by atoms with Crippen molar-refractivity contribution in [2.24, 2.45) is 0 Å². The highest BCUT2D eigenvalue weighted by Gasteiger charge is 2.20. The van der Waals surface area contributed by atoms with Crippen molar-refractivity contribution in [2.45, 2.75) is 45.3 Å². The molecule has 5 nitrogen and oxygen atoms in total. The van der Waals surface area contributed by atoms with E-state index in [4.69, 9.17) is 0 Å². The Labute approximate surface area is 116 Å². The van der Waals surface area contributed by atoms with Crippen LogP contribution in [0, 0.1) is 6.92 Å². The van der Waals surface area contributed by atoms with E-state index in [1.807, 2.05) is 17.2 Å². The SMILES string of the molecule is Cc1csc(=O)n1CCCC(=O)N1CCC(O)CC1. The summed E-state index contributed by atoms with van der Waals surface area (Å²) in [5, 5.41) is 11.2. The number of hydrogen-bond acceptors (Lipinski definition) is 4. The fraction of sp³-hybridized carbons (Fsp3) is 0.692. The van der Waals surface area contributed by atoms with E-state index in [1.54, 1.807) is 4.57 Å². The largest absolute Gasteiger partial charge is 0.393 e. The first-order valence-corrected chi connectivity index (χ1v) is 7.56. The van der Waals surface area contributed by atoms with Gasteiger partial charge in [-0.3, -0.25) is 9.59 Å². The van der Waals surface area contributed by atoms with Crippen molar-refractivity contribution in [3.8, 4) is 0 Å².